The van der Waals surface area contributed by atoms with Crippen molar-refractivity contribution in [3.63, 3.8) is 0 Å². The fourth-order valence-corrected chi connectivity index (χ4v) is 3.96. The van der Waals surface area contributed by atoms with Gasteiger partial charge in [0.1, 0.15) is 5.82 Å². The predicted molar refractivity (Wildman–Crippen MR) is 72.8 cm³/mol. The van der Waals surface area contributed by atoms with Gasteiger partial charge in [-0.15, -0.1) is 11.8 Å². The van der Waals surface area contributed by atoms with Gasteiger partial charge in [0.2, 0.25) is 0 Å². The van der Waals surface area contributed by atoms with Crippen molar-refractivity contribution in [2.24, 2.45) is 11.8 Å². The largest absolute Gasteiger partial charge is 0.206 e. The van der Waals surface area contributed by atoms with E-state index >= 15 is 0 Å². The van der Waals surface area contributed by atoms with Crippen LogP contribution in [0.3, 0.4) is 0 Å². The third-order valence-electron chi connectivity index (χ3n) is 3.76. The molecule has 1 nitrogen and oxygen atoms in total. The molecule has 1 saturated carbocycles. The van der Waals surface area contributed by atoms with Gasteiger partial charge in [0.25, 0.3) is 0 Å². The molecule has 1 aromatic rings. The number of nitriles is 1. The van der Waals surface area contributed by atoms with Crippen LogP contribution in [0.5, 0.6) is 0 Å². The lowest BCUT2D eigenvalue weighted by atomic mass is 9.81. The van der Waals surface area contributed by atoms with Crippen molar-refractivity contribution in [1.29, 1.82) is 5.26 Å². The molecule has 96 valence electrons. The zero-order chi connectivity index (χ0) is 13.0. The Morgan fingerprint density at radius 1 is 1.39 bits per heavy atom. The smallest absolute Gasteiger partial charge is 0.136 e. The number of thioether (sulfide) groups is 1. The molecule has 3 atom stereocenters. The van der Waals surface area contributed by atoms with E-state index in [0.29, 0.717) is 10.8 Å². The molecular weight excluding hydrogens is 245 g/mol. The summed E-state index contributed by atoms with van der Waals surface area (Å²) in [6.45, 7) is 2.20. The molecule has 0 saturated heterocycles. The van der Waals surface area contributed by atoms with E-state index in [1.807, 2.05) is 12.1 Å². The third-order valence-corrected chi connectivity index (χ3v) is 5.17. The van der Waals surface area contributed by atoms with Gasteiger partial charge in [0, 0.05) is 10.1 Å². The Kier molecular flexibility index (Phi) is 4.66. The standard InChI is InChI=1S/C15H18FNS/c1-2-11-7-8-12(10-17)15(9-11)18-14-6-4-3-5-13(14)16/h3-6,11-12,15H,2,7-9H2,1H3. The summed E-state index contributed by atoms with van der Waals surface area (Å²) in [4.78, 5) is 0.680. The molecule has 1 fully saturated rings. The van der Waals surface area contributed by atoms with Gasteiger partial charge >= 0.3 is 0 Å². The van der Waals surface area contributed by atoms with Crippen molar-refractivity contribution in [2.75, 3.05) is 0 Å². The second-order valence-corrected chi connectivity index (χ2v) is 6.19. The lowest BCUT2D eigenvalue weighted by Gasteiger charge is -2.31. The topological polar surface area (TPSA) is 23.8 Å². The third kappa shape index (κ3) is 3.05. The molecule has 0 aliphatic heterocycles. The van der Waals surface area contributed by atoms with Crippen LogP contribution in [0.15, 0.2) is 29.2 Å². The minimum Gasteiger partial charge on any atom is -0.206 e. The molecule has 3 heteroatoms. The van der Waals surface area contributed by atoms with Crippen molar-refractivity contribution in [2.45, 2.75) is 42.8 Å². The Balaban J connectivity index is 2.10. The van der Waals surface area contributed by atoms with E-state index in [0.717, 1.165) is 25.7 Å². The summed E-state index contributed by atoms with van der Waals surface area (Å²) in [7, 11) is 0. The number of halogens is 1. The van der Waals surface area contributed by atoms with Gasteiger partial charge in [-0.1, -0.05) is 25.5 Å². The van der Waals surface area contributed by atoms with Crippen molar-refractivity contribution < 1.29 is 4.39 Å². The zero-order valence-corrected chi connectivity index (χ0v) is 11.4. The van der Waals surface area contributed by atoms with Crippen LogP contribution in [0, 0.1) is 29.0 Å². The minimum atomic E-state index is -0.169. The number of rotatable bonds is 3. The molecular formula is C15H18FNS. The monoisotopic (exact) mass is 263 g/mol. The molecule has 1 aliphatic carbocycles. The highest BCUT2D eigenvalue weighted by molar-refractivity contribution is 8.00. The number of hydrogen-bond acceptors (Lipinski definition) is 2. The summed E-state index contributed by atoms with van der Waals surface area (Å²) >= 11 is 1.55. The molecule has 0 radical (unpaired) electrons. The summed E-state index contributed by atoms with van der Waals surface area (Å²) in [6, 6.07) is 9.25. The van der Waals surface area contributed by atoms with Gasteiger partial charge in [-0.2, -0.15) is 5.26 Å². The molecule has 0 heterocycles. The summed E-state index contributed by atoms with van der Waals surface area (Å²) in [5, 5.41) is 9.45. The maximum atomic E-state index is 13.7. The van der Waals surface area contributed by atoms with Crippen LogP contribution in [0.4, 0.5) is 4.39 Å². The highest BCUT2D eigenvalue weighted by atomic mass is 32.2. The van der Waals surface area contributed by atoms with E-state index in [1.54, 1.807) is 17.8 Å². The maximum absolute atomic E-state index is 13.7. The van der Waals surface area contributed by atoms with E-state index < -0.39 is 0 Å². The van der Waals surface area contributed by atoms with Crippen molar-refractivity contribution in [3.8, 4) is 6.07 Å². The number of hydrogen-bond donors (Lipinski definition) is 0. The first-order valence-corrected chi connectivity index (χ1v) is 7.43. The van der Waals surface area contributed by atoms with Gasteiger partial charge < -0.3 is 0 Å². The summed E-state index contributed by atoms with van der Waals surface area (Å²) in [5.41, 5.74) is 0. The Labute approximate surface area is 112 Å². The molecule has 0 bridgehead atoms. The van der Waals surface area contributed by atoms with Crippen LogP contribution < -0.4 is 0 Å². The SMILES string of the molecule is CCC1CCC(C#N)C(Sc2ccccc2F)C1. The van der Waals surface area contributed by atoms with E-state index in [4.69, 9.17) is 0 Å². The van der Waals surface area contributed by atoms with Crippen LogP contribution in [0.1, 0.15) is 32.6 Å². The average Bonchev–Trinajstić information content (AvgIpc) is 2.41. The van der Waals surface area contributed by atoms with Crippen LogP contribution in [-0.4, -0.2) is 5.25 Å². The minimum absolute atomic E-state index is 0.0670. The van der Waals surface area contributed by atoms with Crippen LogP contribution >= 0.6 is 11.8 Å². The van der Waals surface area contributed by atoms with Gasteiger partial charge in [0.15, 0.2) is 0 Å². The zero-order valence-electron chi connectivity index (χ0n) is 10.6. The van der Waals surface area contributed by atoms with Crippen LogP contribution in [-0.2, 0) is 0 Å². The second-order valence-electron chi connectivity index (χ2n) is 4.91. The van der Waals surface area contributed by atoms with E-state index in [2.05, 4.69) is 13.0 Å². The summed E-state index contributed by atoms with van der Waals surface area (Å²) < 4.78 is 13.7. The fourth-order valence-electron chi connectivity index (χ4n) is 2.56. The van der Waals surface area contributed by atoms with E-state index in [9.17, 15) is 9.65 Å². The normalized spacial score (nSPS) is 27.7. The first-order valence-electron chi connectivity index (χ1n) is 6.55. The predicted octanol–water partition coefficient (Wildman–Crippen LogP) is 4.64. The van der Waals surface area contributed by atoms with Crippen LogP contribution in [0.2, 0.25) is 0 Å². The second kappa shape index (κ2) is 6.24. The summed E-state index contributed by atoms with van der Waals surface area (Å²) in [6.07, 6.45) is 4.30. The lowest BCUT2D eigenvalue weighted by molar-refractivity contribution is 0.317. The van der Waals surface area contributed by atoms with Crippen molar-refractivity contribution in [3.05, 3.63) is 30.1 Å². The van der Waals surface area contributed by atoms with E-state index in [1.165, 1.54) is 6.07 Å². The highest BCUT2D eigenvalue weighted by Crippen LogP contribution is 2.41. The maximum Gasteiger partial charge on any atom is 0.136 e. The molecule has 1 aliphatic rings. The molecule has 2 rings (SSSR count). The Hall–Kier alpha value is -1.01. The highest BCUT2D eigenvalue weighted by Gasteiger charge is 2.30. The Morgan fingerprint density at radius 3 is 2.83 bits per heavy atom. The Morgan fingerprint density at radius 2 is 2.17 bits per heavy atom. The lowest BCUT2D eigenvalue weighted by Crippen LogP contribution is -2.26. The van der Waals surface area contributed by atoms with Gasteiger partial charge in [-0.3, -0.25) is 0 Å². The van der Waals surface area contributed by atoms with E-state index in [-0.39, 0.29) is 17.0 Å². The Bertz CT molecular complexity index is 440. The van der Waals surface area contributed by atoms with Gasteiger partial charge in [-0.05, 0) is 37.3 Å². The fraction of sp³-hybridized carbons (Fsp3) is 0.533. The number of benzene rings is 1. The molecule has 0 N–H and O–H groups in total. The summed E-state index contributed by atoms with van der Waals surface area (Å²) in [5.74, 6) is 0.592. The van der Waals surface area contributed by atoms with Crippen LogP contribution in [0.25, 0.3) is 0 Å². The first kappa shape index (κ1) is 13.4. The number of nitrogens with zero attached hydrogens (tertiary/aromatic N) is 1. The molecule has 0 spiro atoms. The molecule has 1 aromatic carbocycles. The molecule has 0 amide bonds. The van der Waals surface area contributed by atoms with Crippen molar-refractivity contribution in [1.82, 2.24) is 0 Å². The molecule has 18 heavy (non-hydrogen) atoms. The quantitative estimate of drug-likeness (QED) is 0.793. The van der Waals surface area contributed by atoms with Gasteiger partial charge in [0.05, 0.1) is 12.0 Å². The van der Waals surface area contributed by atoms with Gasteiger partial charge in [-0.25, -0.2) is 4.39 Å². The average molecular weight is 263 g/mol. The molecule has 3 unspecified atom stereocenters. The van der Waals surface area contributed by atoms with Crippen molar-refractivity contribution >= 4 is 11.8 Å². The first-order chi connectivity index (χ1) is 8.74. The molecule has 0 aromatic heterocycles.